The van der Waals surface area contributed by atoms with Crippen LogP contribution < -0.4 is 10.2 Å². The number of para-hydroxylation sites is 1. The molecule has 4 rings (SSSR count). The predicted molar refractivity (Wildman–Crippen MR) is 139 cm³/mol. The summed E-state index contributed by atoms with van der Waals surface area (Å²) in [7, 11) is -3.74. The Bertz CT molecular complexity index is 1460. The standard InChI is InChI=1S/C27H28N4O4S/c1-18-10-12-21(13-11-18)16-31(17-22-9-6-14-35-22)23-15-28-27(36(4,33)34)30-25(23)26(32)29-24-19(2)7-5-8-20(24)3/h5-15H,16-17H2,1-4H3,(H,29,32). The lowest BCUT2D eigenvalue weighted by atomic mass is 10.1. The Morgan fingerprint density at radius 1 is 0.972 bits per heavy atom. The van der Waals surface area contributed by atoms with Gasteiger partial charge >= 0.3 is 0 Å². The number of carbonyl (C=O) groups is 1. The molecule has 8 nitrogen and oxygen atoms in total. The summed E-state index contributed by atoms with van der Waals surface area (Å²) in [5, 5.41) is 2.51. The second-order valence-electron chi connectivity index (χ2n) is 8.80. The van der Waals surface area contributed by atoms with Gasteiger partial charge in [-0.05, 0) is 49.6 Å². The molecular weight excluding hydrogens is 476 g/mol. The van der Waals surface area contributed by atoms with Crippen LogP contribution in [0.1, 0.15) is 38.5 Å². The summed E-state index contributed by atoms with van der Waals surface area (Å²) in [6, 6.07) is 17.4. The normalized spacial score (nSPS) is 11.3. The number of rotatable bonds is 8. The van der Waals surface area contributed by atoms with Crippen molar-refractivity contribution < 1.29 is 17.6 Å². The van der Waals surface area contributed by atoms with Crippen LogP contribution in [-0.2, 0) is 22.9 Å². The first-order valence-corrected chi connectivity index (χ1v) is 13.3. The zero-order valence-electron chi connectivity index (χ0n) is 20.6. The van der Waals surface area contributed by atoms with Crippen molar-refractivity contribution in [3.63, 3.8) is 0 Å². The molecule has 0 spiro atoms. The third-order valence-corrected chi connectivity index (χ3v) is 6.64. The average molecular weight is 505 g/mol. The molecule has 9 heteroatoms. The topological polar surface area (TPSA) is 105 Å². The molecule has 0 radical (unpaired) electrons. The third kappa shape index (κ3) is 5.80. The SMILES string of the molecule is Cc1ccc(CN(Cc2ccco2)c2cnc(S(C)(=O)=O)nc2C(=O)Nc2c(C)cccc2C)cc1. The molecule has 0 saturated carbocycles. The molecule has 1 amide bonds. The highest BCUT2D eigenvalue weighted by Gasteiger charge is 2.25. The summed E-state index contributed by atoms with van der Waals surface area (Å²) >= 11 is 0. The molecule has 2 aromatic carbocycles. The van der Waals surface area contributed by atoms with Gasteiger partial charge in [-0.1, -0.05) is 48.0 Å². The maximum Gasteiger partial charge on any atom is 0.276 e. The highest BCUT2D eigenvalue weighted by atomic mass is 32.2. The first-order valence-electron chi connectivity index (χ1n) is 11.4. The summed E-state index contributed by atoms with van der Waals surface area (Å²) < 4.78 is 30.1. The van der Waals surface area contributed by atoms with Gasteiger partial charge in [0, 0.05) is 18.5 Å². The van der Waals surface area contributed by atoms with Gasteiger partial charge in [0.15, 0.2) is 5.69 Å². The number of furan rings is 1. The maximum absolute atomic E-state index is 13.6. The van der Waals surface area contributed by atoms with Crippen molar-refractivity contribution in [1.29, 1.82) is 0 Å². The first kappa shape index (κ1) is 25.1. The van der Waals surface area contributed by atoms with Crippen LogP contribution in [0.4, 0.5) is 11.4 Å². The third-order valence-electron chi connectivity index (χ3n) is 5.78. The van der Waals surface area contributed by atoms with Crippen molar-refractivity contribution in [2.75, 3.05) is 16.5 Å². The van der Waals surface area contributed by atoms with E-state index in [4.69, 9.17) is 4.42 Å². The summed E-state index contributed by atoms with van der Waals surface area (Å²) in [6.07, 6.45) is 3.99. The lowest BCUT2D eigenvalue weighted by Crippen LogP contribution is -2.27. The predicted octanol–water partition coefficient (Wildman–Crippen LogP) is 4.86. The van der Waals surface area contributed by atoms with Crippen LogP contribution in [0.3, 0.4) is 0 Å². The monoisotopic (exact) mass is 504 g/mol. The molecular formula is C27H28N4O4S. The molecule has 36 heavy (non-hydrogen) atoms. The largest absolute Gasteiger partial charge is 0.467 e. The summed E-state index contributed by atoms with van der Waals surface area (Å²) in [5.74, 6) is 0.151. The number of hydrogen-bond acceptors (Lipinski definition) is 7. The van der Waals surface area contributed by atoms with Gasteiger partial charge in [-0.15, -0.1) is 0 Å². The van der Waals surface area contributed by atoms with Crippen molar-refractivity contribution in [1.82, 2.24) is 9.97 Å². The van der Waals surface area contributed by atoms with Crippen molar-refractivity contribution in [2.45, 2.75) is 39.0 Å². The first-order chi connectivity index (χ1) is 17.1. The van der Waals surface area contributed by atoms with Gasteiger partial charge in [0.1, 0.15) is 5.76 Å². The molecule has 0 unspecified atom stereocenters. The molecule has 186 valence electrons. The number of hydrogen-bond donors (Lipinski definition) is 1. The van der Waals surface area contributed by atoms with Crippen LogP contribution >= 0.6 is 0 Å². The Morgan fingerprint density at radius 3 is 2.28 bits per heavy atom. The van der Waals surface area contributed by atoms with Gasteiger partial charge in [-0.3, -0.25) is 4.79 Å². The molecule has 0 aliphatic carbocycles. The molecule has 0 saturated heterocycles. The highest BCUT2D eigenvalue weighted by molar-refractivity contribution is 7.90. The number of anilines is 2. The Balaban J connectivity index is 1.80. The molecule has 0 atom stereocenters. The fourth-order valence-corrected chi connectivity index (χ4v) is 4.35. The maximum atomic E-state index is 13.6. The van der Waals surface area contributed by atoms with E-state index in [0.29, 0.717) is 30.2 Å². The number of sulfone groups is 1. The van der Waals surface area contributed by atoms with E-state index in [1.165, 1.54) is 6.20 Å². The number of amides is 1. The fourth-order valence-electron chi connectivity index (χ4n) is 3.85. The number of nitrogens with zero attached hydrogens (tertiary/aromatic N) is 3. The zero-order chi connectivity index (χ0) is 25.9. The van der Waals surface area contributed by atoms with Gasteiger partial charge in [0.2, 0.25) is 15.0 Å². The molecule has 0 aliphatic heterocycles. The number of carbonyl (C=O) groups excluding carboxylic acids is 1. The van der Waals surface area contributed by atoms with Gasteiger partial charge in [0.05, 0.1) is 24.7 Å². The molecule has 2 heterocycles. The molecule has 1 N–H and O–H groups in total. The molecule has 0 fully saturated rings. The van der Waals surface area contributed by atoms with E-state index in [9.17, 15) is 13.2 Å². The summed E-state index contributed by atoms with van der Waals surface area (Å²) in [5.41, 5.74) is 4.91. The highest BCUT2D eigenvalue weighted by Crippen LogP contribution is 2.27. The minimum Gasteiger partial charge on any atom is -0.467 e. The van der Waals surface area contributed by atoms with Crippen LogP contribution in [0, 0.1) is 20.8 Å². The van der Waals surface area contributed by atoms with Gasteiger partial charge in [-0.25, -0.2) is 18.4 Å². The smallest absolute Gasteiger partial charge is 0.276 e. The van der Waals surface area contributed by atoms with Crippen molar-refractivity contribution >= 4 is 27.1 Å². The van der Waals surface area contributed by atoms with Crippen molar-refractivity contribution in [3.05, 3.63) is 101 Å². The average Bonchev–Trinajstić information content (AvgIpc) is 3.34. The zero-order valence-corrected chi connectivity index (χ0v) is 21.5. The van der Waals surface area contributed by atoms with Gasteiger partial charge in [-0.2, -0.15) is 0 Å². The molecule has 0 bridgehead atoms. The quantitative estimate of drug-likeness (QED) is 0.342. The molecule has 0 aliphatic rings. The number of aryl methyl sites for hydroxylation is 3. The minimum atomic E-state index is -3.74. The number of benzene rings is 2. The van der Waals surface area contributed by atoms with Crippen LogP contribution in [0.15, 0.2) is 76.6 Å². The van der Waals surface area contributed by atoms with Crippen LogP contribution in [-0.4, -0.2) is 30.5 Å². The van der Waals surface area contributed by atoms with E-state index in [0.717, 1.165) is 28.5 Å². The Labute approximate surface area is 210 Å². The summed E-state index contributed by atoms with van der Waals surface area (Å²) in [6.45, 7) is 6.55. The lowest BCUT2D eigenvalue weighted by Gasteiger charge is -2.26. The van der Waals surface area contributed by atoms with E-state index in [-0.39, 0.29) is 5.69 Å². The van der Waals surface area contributed by atoms with E-state index >= 15 is 0 Å². The van der Waals surface area contributed by atoms with E-state index in [1.54, 1.807) is 12.3 Å². The van der Waals surface area contributed by atoms with E-state index in [2.05, 4.69) is 15.3 Å². The van der Waals surface area contributed by atoms with E-state index in [1.807, 2.05) is 74.2 Å². The van der Waals surface area contributed by atoms with Crippen LogP contribution in [0.2, 0.25) is 0 Å². The van der Waals surface area contributed by atoms with Gasteiger partial charge < -0.3 is 14.6 Å². The van der Waals surface area contributed by atoms with E-state index < -0.39 is 20.9 Å². The minimum absolute atomic E-state index is 0.0354. The second-order valence-corrected chi connectivity index (χ2v) is 10.7. The molecule has 4 aromatic rings. The Morgan fingerprint density at radius 2 is 1.67 bits per heavy atom. The number of aromatic nitrogens is 2. The molecule has 2 aromatic heterocycles. The number of nitrogens with one attached hydrogen (secondary N) is 1. The summed E-state index contributed by atoms with van der Waals surface area (Å²) in [4.78, 5) is 23.8. The lowest BCUT2D eigenvalue weighted by molar-refractivity contribution is 0.102. The van der Waals surface area contributed by atoms with Crippen molar-refractivity contribution in [3.8, 4) is 0 Å². The van der Waals surface area contributed by atoms with Gasteiger partial charge in [0.25, 0.3) is 5.91 Å². The Kier molecular flexibility index (Phi) is 7.21. The van der Waals surface area contributed by atoms with Crippen LogP contribution in [0.5, 0.6) is 0 Å². The Hall–Kier alpha value is -3.98. The second kappa shape index (κ2) is 10.3. The van der Waals surface area contributed by atoms with Crippen molar-refractivity contribution in [2.24, 2.45) is 0 Å². The fraction of sp³-hybridized carbons (Fsp3) is 0.222. The van der Waals surface area contributed by atoms with Crippen LogP contribution in [0.25, 0.3) is 0 Å².